The van der Waals surface area contributed by atoms with Crippen LogP contribution in [0.1, 0.15) is 12.0 Å². The highest BCUT2D eigenvalue weighted by atomic mass is 16.5. The SMILES string of the molecule is COc1ccc(NC(=O)C[C@H](CN2CCN(c3ncccc3C#N)CC2)C(=O)O)cc1. The number of aromatic nitrogens is 1. The lowest BCUT2D eigenvalue weighted by molar-refractivity contribution is -0.144. The van der Waals surface area contributed by atoms with Gasteiger partial charge in [0.05, 0.1) is 18.6 Å². The monoisotopic (exact) mass is 423 g/mol. The van der Waals surface area contributed by atoms with E-state index in [4.69, 9.17) is 4.74 Å². The summed E-state index contributed by atoms with van der Waals surface area (Å²) in [5, 5.41) is 21.6. The number of carboxylic acids is 1. The highest BCUT2D eigenvalue weighted by Crippen LogP contribution is 2.20. The third kappa shape index (κ3) is 5.93. The third-order valence-electron chi connectivity index (χ3n) is 5.21. The number of amides is 1. The first-order valence-corrected chi connectivity index (χ1v) is 9.99. The lowest BCUT2D eigenvalue weighted by Gasteiger charge is -2.36. The number of rotatable bonds is 8. The molecule has 1 aliphatic rings. The van der Waals surface area contributed by atoms with Gasteiger partial charge >= 0.3 is 5.97 Å². The molecule has 9 nitrogen and oxygen atoms in total. The summed E-state index contributed by atoms with van der Waals surface area (Å²) in [6.07, 6.45) is 1.55. The van der Waals surface area contributed by atoms with Crippen LogP contribution in [-0.4, -0.2) is 66.7 Å². The number of nitriles is 1. The molecule has 1 atom stereocenters. The summed E-state index contributed by atoms with van der Waals surface area (Å²) in [6, 6.07) is 12.5. The van der Waals surface area contributed by atoms with Gasteiger partial charge in [-0.05, 0) is 36.4 Å². The Labute approximate surface area is 180 Å². The molecule has 2 aromatic rings. The molecule has 0 spiro atoms. The minimum absolute atomic E-state index is 0.111. The van der Waals surface area contributed by atoms with E-state index in [9.17, 15) is 20.0 Å². The lowest BCUT2D eigenvalue weighted by atomic mass is 10.0. The highest BCUT2D eigenvalue weighted by molar-refractivity contribution is 5.93. The Bertz CT molecular complexity index is 949. The molecule has 0 saturated carbocycles. The van der Waals surface area contributed by atoms with Gasteiger partial charge in [-0.3, -0.25) is 14.5 Å². The number of carbonyl (C=O) groups excluding carboxylic acids is 1. The predicted molar refractivity (Wildman–Crippen MR) is 115 cm³/mol. The van der Waals surface area contributed by atoms with Gasteiger partial charge in [0.25, 0.3) is 0 Å². The topological polar surface area (TPSA) is 119 Å². The first kappa shape index (κ1) is 22.1. The molecule has 1 aliphatic heterocycles. The van der Waals surface area contributed by atoms with Crippen LogP contribution in [0.25, 0.3) is 0 Å². The summed E-state index contributed by atoms with van der Waals surface area (Å²) < 4.78 is 5.08. The van der Waals surface area contributed by atoms with Gasteiger partial charge in [-0.15, -0.1) is 0 Å². The highest BCUT2D eigenvalue weighted by Gasteiger charge is 2.27. The van der Waals surface area contributed by atoms with Crippen LogP contribution in [0, 0.1) is 17.2 Å². The maximum atomic E-state index is 12.4. The maximum Gasteiger partial charge on any atom is 0.308 e. The number of hydrogen-bond acceptors (Lipinski definition) is 7. The molecule has 1 amide bonds. The Kier molecular flexibility index (Phi) is 7.40. The minimum atomic E-state index is -0.996. The van der Waals surface area contributed by atoms with Crippen molar-refractivity contribution in [1.82, 2.24) is 9.88 Å². The van der Waals surface area contributed by atoms with E-state index in [2.05, 4.69) is 16.4 Å². The predicted octanol–water partition coefficient (Wildman–Crippen LogP) is 1.81. The fourth-order valence-corrected chi connectivity index (χ4v) is 3.53. The summed E-state index contributed by atoms with van der Waals surface area (Å²) in [7, 11) is 1.56. The second-order valence-corrected chi connectivity index (χ2v) is 7.29. The molecule has 1 aromatic carbocycles. The van der Waals surface area contributed by atoms with Crippen molar-refractivity contribution in [3.05, 3.63) is 48.2 Å². The molecule has 2 N–H and O–H groups in total. The second-order valence-electron chi connectivity index (χ2n) is 7.29. The molecule has 1 aromatic heterocycles. The zero-order valence-corrected chi connectivity index (χ0v) is 17.3. The first-order chi connectivity index (χ1) is 15.0. The third-order valence-corrected chi connectivity index (χ3v) is 5.21. The minimum Gasteiger partial charge on any atom is -0.497 e. The number of methoxy groups -OCH3 is 1. The van der Waals surface area contributed by atoms with Crippen molar-refractivity contribution in [2.24, 2.45) is 5.92 Å². The number of aliphatic carboxylic acids is 1. The van der Waals surface area contributed by atoms with E-state index in [1.54, 1.807) is 49.7 Å². The van der Waals surface area contributed by atoms with Crippen molar-refractivity contribution in [3.8, 4) is 11.8 Å². The number of nitrogens with one attached hydrogen (secondary N) is 1. The van der Waals surface area contributed by atoms with Gasteiger partial charge in [-0.25, -0.2) is 4.98 Å². The number of carbonyl (C=O) groups is 2. The van der Waals surface area contributed by atoms with E-state index in [1.807, 2.05) is 9.80 Å². The van der Waals surface area contributed by atoms with Gasteiger partial charge in [0.2, 0.25) is 5.91 Å². The summed E-state index contributed by atoms with van der Waals surface area (Å²) in [6.45, 7) is 2.81. The van der Waals surface area contributed by atoms with Gasteiger partial charge in [-0.2, -0.15) is 5.26 Å². The van der Waals surface area contributed by atoms with Crippen LogP contribution in [0.5, 0.6) is 5.75 Å². The van der Waals surface area contributed by atoms with Gasteiger partial charge in [0.15, 0.2) is 0 Å². The van der Waals surface area contributed by atoms with Crippen molar-refractivity contribution in [3.63, 3.8) is 0 Å². The Morgan fingerprint density at radius 1 is 1.23 bits per heavy atom. The largest absolute Gasteiger partial charge is 0.497 e. The normalized spacial score (nSPS) is 15.0. The molecule has 0 unspecified atom stereocenters. The molecule has 1 fully saturated rings. The van der Waals surface area contributed by atoms with E-state index >= 15 is 0 Å². The quantitative estimate of drug-likeness (QED) is 0.660. The fraction of sp³-hybridized carbons (Fsp3) is 0.364. The first-order valence-electron chi connectivity index (χ1n) is 9.99. The van der Waals surface area contributed by atoms with Crippen LogP contribution in [-0.2, 0) is 9.59 Å². The molecular formula is C22H25N5O4. The zero-order valence-electron chi connectivity index (χ0n) is 17.3. The van der Waals surface area contributed by atoms with Crippen LogP contribution in [0.4, 0.5) is 11.5 Å². The molecule has 0 radical (unpaired) electrons. The van der Waals surface area contributed by atoms with E-state index < -0.39 is 11.9 Å². The summed E-state index contributed by atoms with van der Waals surface area (Å²) in [5.41, 5.74) is 1.11. The van der Waals surface area contributed by atoms with E-state index in [0.29, 0.717) is 49.0 Å². The second kappa shape index (κ2) is 10.4. The van der Waals surface area contributed by atoms with Crippen molar-refractivity contribution in [1.29, 1.82) is 5.26 Å². The Morgan fingerprint density at radius 2 is 1.94 bits per heavy atom. The standard InChI is InChI=1S/C22H25N5O4/c1-31-19-6-4-18(5-7-19)25-20(28)13-17(22(29)30)15-26-9-11-27(12-10-26)21-16(14-23)3-2-8-24-21/h2-8,17H,9-13,15H2,1H3,(H,25,28)(H,29,30)/t17-/m1/s1. The van der Waals surface area contributed by atoms with E-state index in [0.717, 1.165) is 0 Å². The van der Waals surface area contributed by atoms with Crippen molar-refractivity contribution in [2.45, 2.75) is 6.42 Å². The number of ether oxygens (including phenoxy) is 1. The number of anilines is 2. The number of pyridine rings is 1. The molecule has 2 heterocycles. The maximum absolute atomic E-state index is 12.4. The fourth-order valence-electron chi connectivity index (χ4n) is 3.53. The van der Waals surface area contributed by atoms with Crippen LogP contribution in [0.3, 0.4) is 0 Å². The summed E-state index contributed by atoms with van der Waals surface area (Å²) in [4.78, 5) is 32.5. The number of benzene rings is 1. The van der Waals surface area contributed by atoms with Crippen LogP contribution in [0.15, 0.2) is 42.6 Å². The van der Waals surface area contributed by atoms with Gasteiger partial charge < -0.3 is 20.1 Å². The molecular weight excluding hydrogens is 398 g/mol. The van der Waals surface area contributed by atoms with Crippen molar-refractivity contribution in [2.75, 3.05) is 50.1 Å². The van der Waals surface area contributed by atoms with Gasteiger partial charge in [0, 0.05) is 51.0 Å². The Morgan fingerprint density at radius 3 is 2.55 bits per heavy atom. The average molecular weight is 423 g/mol. The zero-order chi connectivity index (χ0) is 22.2. The van der Waals surface area contributed by atoms with E-state index in [1.165, 1.54) is 0 Å². The summed E-state index contributed by atoms with van der Waals surface area (Å²) in [5.74, 6) is -0.826. The average Bonchev–Trinajstić information content (AvgIpc) is 2.79. The molecule has 31 heavy (non-hydrogen) atoms. The molecule has 0 bridgehead atoms. The molecule has 0 aliphatic carbocycles. The van der Waals surface area contributed by atoms with E-state index in [-0.39, 0.29) is 18.9 Å². The number of nitrogens with zero attached hydrogens (tertiary/aromatic N) is 4. The molecule has 162 valence electrons. The molecule has 1 saturated heterocycles. The Hall–Kier alpha value is -3.64. The Balaban J connectivity index is 1.53. The van der Waals surface area contributed by atoms with Gasteiger partial charge in [-0.1, -0.05) is 0 Å². The summed E-state index contributed by atoms with van der Waals surface area (Å²) >= 11 is 0. The van der Waals surface area contributed by atoms with Crippen molar-refractivity contribution >= 4 is 23.4 Å². The smallest absolute Gasteiger partial charge is 0.308 e. The molecule has 3 rings (SSSR count). The van der Waals surface area contributed by atoms with Crippen LogP contribution < -0.4 is 15.0 Å². The van der Waals surface area contributed by atoms with Crippen molar-refractivity contribution < 1.29 is 19.4 Å². The molecule has 9 heteroatoms. The number of piperazine rings is 1. The van der Waals surface area contributed by atoms with Crippen LogP contribution >= 0.6 is 0 Å². The van der Waals surface area contributed by atoms with Crippen LogP contribution in [0.2, 0.25) is 0 Å². The number of hydrogen-bond donors (Lipinski definition) is 2. The van der Waals surface area contributed by atoms with Gasteiger partial charge in [0.1, 0.15) is 17.6 Å². The number of carboxylic acid groups (broad SMARTS) is 1. The lowest BCUT2D eigenvalue weighted by Crippen LogP contribution is -2.49.